The summed E-state index contributed by atoms with van der Waals surface area (Å²) in [5.74, 6) is -1.14. The zero-order chi connectivity index (χ0) is 44.4. The fraction of sp³-hybridized carbons (Fsp3) is 0.545. The van der Waals surface area contributed by atoms with E-state index in [0.717, 1.165) is 122 Å². The van der Waals surface area contributed by atoms with Gasteiger partial charge in [-0.05, 0) is 109 Å². The molecular weight excluding hydrogens is 757 g/mol. The normalized spacial score (nSPS) is 13.3. The molecule has 0 amide bonds. The third-order valence-corrected chi connectivity index (χ3v) is 9.13. The lowest BCUT2D eigenvalue weighted by Crippen LogP contribution is -2.30. The summed E-state index contributed by atoms with van der Waals surface area (Å²) in [5, 5.41) is 0. The van der Waals surface area contributed by atoms with Crippen LogP contribution in [0.3, 0.4) is 0 Å². The molecule has 0 aromatic heterocycles. The summed E-state index contributed by atoms with van der Waals surface area (Å²) in [4.78, 5) is 37.8. The fourth-order valence-electron chi connectivity index (χ4n) is 5.66. The lowest BCUT2D eigenvalue weighted by Gasteiger charge is -2.18. The van der Waals surface area contributed by atoms with Gasteiger partial charge < -0.3 is 14.2 Å². The molecule has 0 bridgehead atoms. The molecule has 6 heteroatoms. The maximum absolute atomic E-state index is 12.7. The second-order valence-electron chi connectivity index (χ2n) is 14.9. The van der Waals surface area contributed by atoms with E-state index in [9.17, 15) is 14.4 Å². The summed E-state index contributed by atoms with van der Waals surface area (Å²) in [5.41, 5.74) is 0. The van der Waals surface area contributed by atoms with Crippen molar-refractivity contribution in [2.45, 2.75) is 181 Å². The Kier molecular flexibility index (Phi) is 44.7. The standard InChI is InChI=1S/C55H84O6/c1-4-7-10-13-16-19-22-25-27-30-33-36-39-42-45-48-54(57)60-51-52(50-59-53(56)47-44-41-38-35-32-29-24-21-18-15-12-9-6-3)61-55(58)49-46-43-40-37-34-31-28-26-23-20-17-14-11-8-5-2/h7-8,10-12,15-17,19-21,24-28,33-34,36-37,42,45,52H,4-6,9,13-14,18,22-23,29-32,35,38-41,43-44,46-51H2,1-3H3/b10-7-,11-8-,15-12-,19-16-,20-17-,24-21-,27-25-,28-26-,36-33-,37-34-,45-42-. The van der Waals surface area contributed by atoms with E-state index in [-0.39, 0.29) is 38.0 Å². The molecule has 0 N–H and O–H groups in total. The Bertz CT molecular complexity index is 1380. The van der Waals surface area contributed by atoms with Crippen molar-refractivity contribution in [3.63, 3.8) is 0 Å². The lowest BCUT2D eigenvalue weighted by atomic mass is 10.1. The van der Waals surface area contributed by atoms with E-state index in [1.807, 2.05) is 6.08 Å². The van der Waals surface area contributed by atoms with Gasteiger partial charge in [0.25, 0.3) is 0 Å². The molecule has 1 unspecified atom stereocenters. The van der Waals surface area contributed by atoms with Gasteiger partial charge in [0, 0.05) is 12.8 Å². The van der Waals surface area contributed by atoms with Crippen molar-refractivity contribution in [1.82, 2.24) is 0 Å². The minimum absolute atomic E-state index is 0.109. The molecule has 0 aromatic carbocycles. The maximum atomic E-state index is 12.7. The molecule has 0 aliphatic rings. The molecule has 0 heterocycles. The highest BCUT2D eigenvalue weighted by Gasteiger charge is 2.19. The van der Waals surface area contributed by atoms with Crippen molar-refractivity contribution in [2.24, 2.45) is 0 Å². The molecule has 0 saturated heterocycles. The number of hydrogen-bond donors (Lipinski definition) is 0. The Morgan fingerprint density at radius 1 is 0.361 bits per heavy atom. The van der Waals surface area contributed by atoms with E-state index in [4.69, 9.17) is 14.2 Å². The van der Waals surface area contributed by atoms with Crippen LogP contribution in [0, 0.1) is 0 Å². The van der Waals surface area contributed by atoms with Gasteiger partial charge >= 0.3 is 17.9 Å². The first-order valence-electron chi connectivity index (χ1n) is 23.7. The van der Waals surface area contributed by atoms with Crippen molar-refractivity contribution in [1.29, 1.82) is 0 Å². The predicted octanol–water partition coefficient (Wildman–Crippen LogP) is 15.5. The third-order valence-electron chi connectivity index (χ3n) is 9.13. The van der Waals surface area contributed by atoms with Crippen LogP contribution in [-0.4, -0.2) is 37.2 Å². The summed E-state index contributed by atoms with van der Waals surface area (Å²) < 4.78 is 16.6. The van der Waals surface area contributed by atoms with Crippen LogP contribution in [0.5, 0.6) is 0 Å². The minimum Gasteiger partial charge on any atom is -0.462 e. The summed E-state index contributed by atoms with van der Waals surface area (Å²) in [6, 6.07) is 0. The molecule has 0 aromatic rings. The van der Waals surface area contributed by atoms with Crippen molar-refractivity contribution < 1.29 is 28.6 Å². The second kappa shape index (κ2) is 48.2. The maximum Gasteiger partial charge on any atom is 0.309 e. The Hall–Kier alpha value is -4.45. The van der Waals surface area contributed by atoms with E-state index in [0.29, 0.717) is 12.8 Å². The predicted molar refractivity (Wildman–Crippen MR) is 260 cm³/mol. The Labute approximate surface area is 373 Å². The van der Waals surface area contributed by atoms with Crippen LogP contribution in [0.25, 0.3) is 0 Å². The summed E-state index contributed by atoms with van der Waals surface area (Å²) in [7, 11) is 0. The van der Waals surface area contributed by atoms with Crippen molar-refractivity contribution in [2.75, 3.05) is 13.2 Å². The number of carbonyl (C=O) groups is 3. The van der Waals surface area contributed by atoms with Gasteiger partial charge in [0.2, 0.25) is 0 Å². The fourth-order valence-corrected chi connectivity index (χ4v) is 5.66. The van der Waals surface area contributed by atoms with Gasteiger partial charge in [0.15, 0.2) is 6.10 Å². The summed E-state index contributed by atoms with van der Waals surface area (Å²) in [6.07, 6.45) is 67.4. The van der Waals surface area contributed by atoms with Crippen molar-refractivity contribution >= 4 is 17.9 Å². The number of unbranched alkanes of at least 4 members (excludes halogenated alkanes) is 8. The van der Waals surface area contributed by atoms with E-state index in [2.05, 4.69) is 142 Å². The van der Waals surface area contributed by atoms with Gasteiger partial charge in [-0.1, -0.05) is 180 Å². The molecule has 0 aliphatic heterocycles. The van der Waals surface area contributed by atoms with E-state index in [1.54, 1.807) is 6.08 Å². The molecule has 6 nitrogen and oxygen atoms in total. The highest BCUT2D eigenvalue weighted by Crippen LogP contribution is 2.11. The van der Waals surface area contributed by atoms with Gasteiger partial charge in [-0.25, -0.2) is 0 Å². The minimum atomic E-state index is -0.849. The topological polar surface area (TPSA) is 78.9 Å². The smallest absolute Gasteiger partial charge is 0.309 e. The van der Waals surface area contributed by atoms with Crippen LogP contribution in [0.4, 0.5) is 0 Å². The van der Waals surface area contributed by atoms with Gasteiger partial charge in [-0.15, -0.1) is 0 Å². The van der Waals surface area contributed by atoms with Gasteiger partial charge in [-0.3, -0.25) is 14.4 Å². The monoisotopic (exact) mass is 841 g/mol. The number of hydrogen-bond acceptors (Lipinski definition) is 6. The SMILES string of the molecule is CC/C=C\C/C=C\C/C=C\C/C=C\C/C=C\CC(=O)OCC(COC(=O)CCCCCCC/C=C\C/C=C\CCC)OC(=O)CCCC/C=C\C/C=C\C/C=C\C/C=C\CC. The summed E-state index contributed by atoms with van der Waals surface area (Å²) >= 11 is 0. The molecule has 0 rings (SSSR count). The van der Waals surface area contributed by atoms with Gasteiger partial charge in [0.05, 0.1) is 6.42 Å². The number of allylic oxidation sites excluding steroid dienone is 21. The molecular formula is C55H84O6. The lowest BCUT2D eigenvalue weighted by molar-refractivity contribution is -0.166. The Morgan fingerprint density at radius 2 is 0.705 bits per heavy atom. The summed E-state index contributed by atoms with van der Waals surface area (Å²) in [6.45, 7) is 6.17. The molecule has 340 valence electrons. The van der Waals surface area contributed by atoms with Gasteiger partial charge in [0.1, 0.15) is 13.2 Å². The molecule has 0 radical (unpaired) electrons. The van der Waals surface area contributed by atoms with Crippen molar-refractivity contribution in [3.8, 4) is 0 Å². The Balaban J connectivity index is 4.64. The van der Waals surface area contributed by atoms with Crippen LogP contribution < -0.4 is 0 Å². The van der Waals surface area contributed by atoms with Crippen LogP contribution in [0.2, 0.25) is 0 Å². The van der Waals surface area contributed by atoms with E-state index in [1.165, 1.54) is 6.42 Å². The van der Waals surface area contributed by atoms with E-state index < -0.39 is 12.1 Å². The Morgan fingerprint density at radius 3 is 1.18 bits per heavy atom. The molecule has 0 saturated carbocycles. The molecule has 0 spiro atoms. The number of rotatable bonds is 40. The molecule has 0 aliphatic carbocycles. The number of ether oxygens (including phenoxy) is 3. The van der Waals surface area contributed by atoms with Crippen LogP contribution in [0.1, 0.15) is 175 Å². The zero-order valence-electron chi connectivity index (χ0n) is 38.6. The largest absolute Gasteiger partial charge is 0.462 e. The molecule has 1 atom stereocenters. The molecule has 61 heavy (non-hydrogen) atoms. The van der Waals surface area contributed by atoms with Crippen LogP contribution in [-0.2, 0) is 28.6 Å². The average Bonchev–Trinajstić information content (AvgIpc) is 3.26. The first-order chi connectivity index (χ1) is 30.0. The average molecular weight is 841 g/mol. The first kappa shape index (κ1) is 56.5. The van der Waals surface area contributed by atoms with Crippen LogP contribution in [0.15, 0.2) is 134 Å². The highest BCUT2D eigenvalue weighted by atomic mass is 16.6. The first-order valence-corrected chi connectivity index (χ1v) is 23.7. The van der Waals surface area contributed by atoms with Gasteiger partial charge in [-0.2, -0.15) is 0 Å². The van der Waals surface area contributed by atoms with Crippen LogP contribution >= 0.6 is 0 Å². The second-order valence-corrected chi connectivity index (χ2v) is 14.9. The highest BCUT2D eigenvalue weighted by molar-refractivity contribution is 5.72. The molecule has 0 fully saturated rings. The zero-order valence-corrected chi connectivity index (χ0v) is 38.6. The third kappa shape index (κ3) is 46.5. The van der Waals surface area contributed by atoms with E-state index >= 15 is 0 Å². The van der Waals surface area contributed by atoms with Crippen molar-refractivity contribution in [3.05, 3.63) is 134 Å². The quantitative estimate of drug-likeness (QED) is 0.0265. The number of esters is 3. The number of carbonyl (C=O) groups excluding carboxylic acids is 3.